The van der Waals surface area contributed by atoms with E-state index in [1.165, 1.54) is 0 Å². The summed E-state index contributed by atoms with van der Waals surface area (Å²) in [7, 11) is 0. The molecule has 0 fully saturated rings. The highest BCUT2D eigenvalue weighted by molar-refractivity contribution is 5.51. The molecule has 0 saturated carbocycles. The topological polar surface area (TPSA) is 95.8 Å². The van der Waals surface area contributed by atoms with Crippen molar-refractivity contribution in [1.29, 1.82) is 0 Å². The third-order valence-corrected chi connectivity index (χ3v) is 6.10. The van der Waals surface area contributed by atoms with Crippen LogP contribution in [0.25, 0.3) is 0 Å². The molecule has 2 rings (SSSR count). The maximum absolute atomic E-state index is 9.75. The lowest BCUT2D eigenvalue weighted by atomic mass is 9.87. The van der Waals surface area contributed by atoms with Gasteiger partial charge in [-0.15, -0.1) is 0 Å². The Kier molecular flexibility index (Phi) is 15.3. The average Bonchev–Trinajstić information content (AvgIpc) is 2.96. The van der Waals surface area contributed by atoms with E-state index in [0.717, 1.165) is 28.7 Å². The highest BCUT2D eigenvalue weighted by Gasteiger charge is 2.22. The maximum atomic E-state index is 9.75. The number of hydrogen-bond acceptors (Lipinski definition) is 8. The van der Waals surface area contributed by atoms with Crippen LogP contribution >= 0.6 is 0 Å². The molecule has 228 valence electrons. The summed E-state index contributed by atoms with van der Waals surface area (Å²) in [6.45, 7) is 19.3. The van der Waals surface area contributed by atoms with E-state index in [9.17, 15) is 10.2 Å². The molecule has 0 saturated heterocycles. The van der Waals surface area contributed by atoms with E-state index >= 15 is 0 Å². The predicted octanol–water partition coefficient (Wildman–Crippen LogP) is 6.39. The van der Waals surface area contributed by atoms with Crippen LogP contribution in [0.3, 0.4) is 0 Å². The van der Waals surface area contributed by atoms with Gasteiger partial charge < -0.3 is 38.6 Å². The van der Waals surface area contributed by atoms with E-state index in [0.29, 0.717) is 49.1 Å². The number of benzene rings is 2. The van der Waals surface area contributed by atoms with E-state index in [1.807, 2.05) is 64.1 Å². The van der Waals surface area contributed by atoms with E-state index in [1.54, 1.807) is 0 Å². The summed E-state index contributed by atoms with van der Waals surface area (Å²) >= 11 is 0. The first kappa shape index (κ1) is 34.2. The summed E-state index contributed by atoms with van der Waals surface area (Å²) in [4.78, 5) is 0. The highest BCUT2D eigenvalue weighted by atomic mass is 16.6. The molecule has 0 radical (unpaired) electrons. The number of aliphatic hydroxyl groups excluding tert-OH is 2. The van der Waals surface area contributed by atoms with Crippen molar-refractivity contribution in [2.45, 2.75) is 72.4 Å². The fourth-order valence-corrected chi connectivity index (χ4v) is 3.96. The molecule has 8 heteroatoms. The van der Waals surface area contributed by atoms with Crippen LogP contribution in [-0.4, -0.2) is 62.4 Å². The van der Waals surface area contributed by atoms with Crippen LogP contribution < -0.4 is 18.9 Å². The number of aliphatic hydroxyl groups is 2. The van der Waals surface area contributed by atoms with Gasteiger partial charge in [0.15, 0.2) is 12.6 Å². The molecule has 0 aliphatic carbocycles. The van der Waals surface area contributed by atoms with Crippen molar-refractivity contribution in [2.24, 2.45) is 0 Å². The molecule has 0 heterocycles. The lowest BCUT2D eigenvalue weighted by molar-refractivity contribution is -0.106. The van der Waals surface area contributed by atoms with Crippen molar-refractivity contribution >= 4 is 0 Å². The van der Waals surface area contributed by atoms with E-state index < -0.39 is 12.6 Å². The third-order valence-electron chi connectivity index (χ3n) is 6.10. The standard InChI is InChI=1S/C33H48O8/c1-8-27(28-13-11-25(40-21-23(4)5)19-30(28)36-15-17-38-32(34)9-2)29-14-12-26(41-22-24(6)7)20-31(29)37-16-18-39-33(35)10-3/h11-14,19-20,27,32-35H,4,6,8-10,15-18,21-22H2,1-3,5,7H3. The maximum Gasteiger partial charge on any atom is 0.154 e. The molecule has 41 heavy (non-hydrogen) atoms. The lowest BCUT2D eigenvalue weighted by Gasteiger charge is -2.24. The molecule has 2 atom stereocenters. The average molecular weight is 573 g/mol. The number of rotatable bonds is 21. The van der Waals surface area contributed by atoms with Crippen LogP contribution in [0.1, 0.15) is 70.9 Å². The predicted molar refractivity (Wildman–Crippen MR) is 161 cm³/mol. The molecule has 2 unspecified atom stereocenters. The second-order valence-corrected chi connectivity index (χ2v) is 10.0. The lowest BCUT2D eigenvalue weighted by Crippen LogP contribution is -2.17. The van der Waals surface area contributed by atoms with Gasteiger partial charge in [0.1, 0.15) is 49.4 Å². The van der Waals surface area contributed by atoms with Crippen LogP contribution in [0.4, 0.5) is 0 Å². The first-order chi connectivity index (χ1) is 19.7. The molecule has 0 spiro atoms. The van der Waals surface area contributed by atoms with Gasteiger partial charge in [-0.25, -0.2) is 0 Å². The van der Waals surface area contributed by atoms with E-state index in [2.05, 4.69) is 20.1 Å². The van der Waals surface area contributed by atoms with Crippen molar-refractivity contribution in [3.05, 3.63) is 71.8 Å². The van der Waals surface area contributed by atoms with Crippen molar-refractivity contribution in [3.8, 4) is 23.0 Å². The molecule has 0 aromatic heterocycles. The molecule has 2 aromatic rings. The summed E-state index contributed by atoms with van der Waals surface area (Å²) in [6, 6.07) is 11.6. The first-order valence-electron chi connectivity index (χ1n) is 14.4. The second kappa shape index (κ2) is 18.4. The first-order valence-corrected chi connectivity index (χ1v) is 14.4. The van der Waals surface area contributed by atoms with Crippen LogP contribution in [0.15, 0.2) is 60.7 Å². The van der Waals surface area contributed by atoms with Crippen molar-refractivity contribution in [2.75, 3.05) is 39.6 Å². The van der Waals surface area contributed by atoms with Gasteiger partial charge in [-0.3, -0.25) is 0 Å². The van der Waals surface area contributed by atoms with Crippen LogP contribution in [0, 0.1) is 0 Å². The summed E-state index contributed by atoms with van der Waals surface area (Å²) in [5, 5.41) is 19.5. The number of ether oxygens (including phenoxy) is 6. The second-order valence-electron chi connectivity index (χ2n) is 10.0. The van der Waals surface area contributed by atoms with Gasteiger partial charge in [0, 0.05) is 29.2 Å². The largest absolute Gasteiger partial charge is 0.491 e. The zero-order valence-corrected chi connectivity index (χ0v) is 25.3. The Labute approximate surface area is 245 Å². The molecule has 0 aliphatic heterocycles. The zero-order valence-electron chi connectivity index (χ0n) is 25.3. The molecule has 2 aromatic carbocycles. The Hall–Kier alpha value is -3.04. The number of hydrogen-bond donors (Lipinski definition) is 2. The van der Waals surface area contributed by atoms with Gasteiger partial charge in [-0.2, -0.15) is 0 Å². The fourth-order valence-electron chi connectivity index (χ4n) is 3.96. The third kappa shape index (κ3) is 12.2. The molecular weight excluding hydrogens is 524 g/mol. The van der Waals surface area contributed by atoms with Gasteiger partial charge in [0.2, 0.25) is 0 Å². The fraction of sp³-hybridized carbons (Fsp3) is 0.515. The Balaban J connectivity index is 2.40. The van der Waals surface area contributed by atoms with E-state index in [4.69, 9.17) is 28.4 Å². The molecule has 8 nitrogen and oxygen atoms in total. The Morgan fingerprint density at radius 2 is 1.05 bits per heavy atom. The minimum atomic E-state index is -0.820. The van der Waals surface area contributed by atoms with E-state index in [-0.39, 0.29) is 32.3 Å². The van der Waals surface area contributed by atoms with Gasteiger partial charge in [0.25, 0.3) is 0 Å². The quantitative estimate of drug-likeness (QED) is 0.101. The Bertz CT molecular complexity index is 999. The van der Waals surface area contributed by atoms with Crippen molar-refractivity contribution < 1.29 is 38.6 Å². The zero-order chi connectivity index (χ0) is 30.2. The molecule has 2 N–H and O–H groups in total. The molecule has 0 aliphatic rings. The van der Waals surface area contributed by atoms with Gasteiger partial charge in [0.05, 0.1) is 13.2 Å². The summed E-state index contributed by atoms with van der Waals surface area (Å²) in [5.41, 5.74) is 3.75. The van der Waals surface area contributed by atoms with Gasteiger partial charge in [-0.05, 0) is 56.4 Å². The van der Waals surface area contributed by atoms with Crippen LogP contribution in [0.2, 0.25) is 0 Å². The van der Waals surface area contributed by atoms with Crippen LogP contribution in [0.5, 0.6) is 23.0 Å². The summed E-state index contributed by atoms with van der Waals surface area (Å²) in [5.74, 6) is 2.59. The van der Waals surface area contributed by atoms with Crippen LogP contribution in [-0.2, 0) is 9.47 Å². The minimum absolute atomic E-state index is 0.0744. The van der Waals surface area contributed by atoms with Gasteiger partial charge >= 0.3 is 0 Å². The monoisotopic (exact) mass is 572 g/mol. The van der Waals surface area contributed by atoms with Crippen molar-refractivity contribution in [1.82, 2.24) is 0 Å². The highest BCUT2D eigenvalue weighted by Crippen LogP contribution is 2.41. The molecule has 0 bridgehead atoms. The molecule has 0 amide bonds. The molecular formula is C33H48O8. The summed E-state index contributed by atoms with van der Waals surface area (Å²) in [6.07, 6.45) is 0.134. The Morgan fingerprint density at radius 3 is 1.39 bits per heavy atom. The van der Waals surface area contributed by atoms with Crippen molar-refractivity contribution in [3.63, 3.8) is 0 Å². The SMILES string of the molecule is C=C(C)COc1ccc(C(CC)c2ccc(OCC(=C)C)cc2OCCOC(O)CC)c(OCCOC(O)CC)c1. The minimum Gasteiger partial charge on any atom is -0.491 e. The smallest absolute Gasteiger partial charge is 0.154 e. The van der Waals surface area contributed by atoms with Gasteiger partial charge in [-0.1, -0.05) is 46.1 Å². The Morgan fingerprint density at radius 1 is 0.634 bits per heavy atom. The normalized spacial score (nSPS) is 13.2. The summed E-state index contributed by atoms with van der Waals surface area (Å²) < 4.78 is 35.0.